The number of ether oxygens (including phenoxy) is 1. The third kappa shape index (κ3) is 2.29. The van der Waals surface area contributed by atoms with E-state index in [1.165, 1.54) is 7.11 Å². The van der Waals surface area contributed by atoms with Gasteiger partial charge in [-0.15, -0.1) is 0 Å². The monoisotopic (exact) mass is 315 g/mol. The fourth-order valence-electron chi connectivity index (χ4n) is 3.38. The Morgan fingerprint density at radius 1 is 0.917 bits per heavy atom. The minimum atomic E-state index is -0.476. The van der Waals surface area contributed by atoms with Crippen molar-refractivity contribution >= 4 is 22.5 Å². The predicted molar refractivity (Wildman–Crippen MR) is 95.5 cm³/mol. The number of hydrogen-bond acceptors (Lipinski definition) is 3. The molecule has 24 heavy (non-hydrogen) atoms. The minimum absolute atomic E-state index is 0.0778. The van der Waals surface area contributed by atoms with Crippen LogP contribution < -0.4 is 0 Å². The van der Waals surface area contributed by atoms with Gasteiger partial charge in [-0.25, -0.2) is 4.79 Å². The third-order valence-corrected chi connectivity index (χ3v) is 4.56. The van der Waals surface area contributed by atoms with Crippen LogP contribution in [-0.2, 0) is 9.53 Å². The number of hydrogen-bond donors (Lipinski definition) is 0. The zero-order chi connectivity index (χ0) is 16.5. The molecule has 2 atom stereocenters. The van der Waals surface area contributed by atoms with Crippen LogP contribution in [0, 0.1) is 0 Å². The molecule has 0 aromatic heterocycles. The topological polar surface area (TPSA) is 38.7 Å². The zero-order valence-electron chi connectivity index (χ0n) is 13.3. The average Bonchev–Trinajstić information content (AvgIpc) is 2.62. The maximum atomic E-state index is 12.2. The van der Waals surface area contributed by atoms with Crippen LogP contribution >= 0.6 is 0 Å². The van der Waals surface area contributed by atoms with Crippen LogP contribution in [0.1, 0.15) is 17.0 Å². The molecule has 0 fully saturated rings. The van der Waals surface area contributed by atoms with Crippen molar-refractivity contribution in [3.8, 4) is 0 Å². The van der Waals surface area contributed by atoms with Gasteiger partial charge in [0, 0.05) is 0 Å². The van der Waals surface area contributed by atoms with Crippen molar-refractivity contribution in [3.63, 3.8) is 0 Å². The van der Waals surface area contributed by atoms with Gasteiger partial charge in [0.1, 0.15) is 0 Å². The number of esters is 1. The first-order valence-corrected chi connectivity index (χ1v) is 7.98. The summed E-state index contributed by atoms with van der Waals surface area (Å²) in [5, 5.41) is 2.32. The van der Waals surface area contributed by atoms with E-state index in [0.717, 1.165) is 27.6 Å². The molecule has 0 saturated carbocycles. The summed E-state index contributed by atoms with van der Waals surface area (Å²) in [5.74, 6) is -0.362. The number of benzene rings is 3. The van der Waals surface area contributed by atoms with Crippen LogP contribution in [-0.4, -0.2) is 24.8 Å². The first-order valence-electron chi connectivity index (χ1n) is 7.98. The van der Waals surface area contributed by atoms with E-state index < -0.39 is 6.04 Å². The van der Waals surface area contributed by atoms with Gasteiger partial charge in [-0.05, 0) is 21.9 Å². The quantitative estimate of drug-likeness (QED) is 0.686. The van der Waals surface area contributed by atoms with Crippen molar-refractivity contribution in [1.82, 2.24) is 0 Å². The summed E-state index contributed by atoms with van der Waals surface area (Å²) in [4.78, 5) is 16.7. The van der Waals surface area contributed by atoms with Gasteiger partial charge in [-0.1, -0.05) is 72.8 Å². The Hall–Kier alpha value is -2.94. The van der Waals surface area contributed by atoms with E-state index in [0.29, 0.717) is 0 Å². The van der Waals surface area contributed by atoms with Crippen molar-refractivity contribution in [3.05, 3.63) is 83.9 Å². The van der Waals surface area contributed by atoms with Crippen molar-refractivity contribution in [2.45, 2.75) is 12.0 Å². The van der Waals surface area contributed by atoms with Gasteiger partial charge in [0.05, 0.1) is 18.7 Å². The molecule has 1 aliphatic rings. The maximum Gasteiger partial charge on any atom is 0.331 e. The van der Waals surface area contributed by atoms with Crippen molar-refractivity contribution < 1.29 is 9.53 Å². The highest BCUT2D eigenvalue weighted by molar-refractivity contribution is 6.14. The maximum absolute atomic E-state index is 12.2. The molecule has 0 bridgehead atoms. The minimum Gasteiger partial charge on any atom is -0.467 e. The molecule has 0 N–H and O–H groups in total. The number of carbonyl (C=O) groups is 1. The predicted octanol–water partition coefficient (Wildman–Crippen LogP) is 3.97. The molecule has 0 spiro atoms. The Morgan fingerprint density at radius 3 is 2.42 bits per heavy atom. The van der Waals surface area contributed by atoms with Crippen molar-refractivity contribution in [1.29, 1.82) is 0 Å². The average molecular weight is 315 g/mol. The number of carbonyl (C=O) groups excluding carboxylic acids is 1. The van der Waals surface area contributed by atoms with Gasteiger partial charge in [-0.2, -0.15) is 0 Å². The lowest BCUT2D eigenvalue weighted by Gasteiger charge is -2.34. The van der Waals surface area contributed by atoms with Crippen molar-refractivity contribution in [2.24, 2.45) is 4.99 Å². The Morgan fingerprint density at radius 2 is 1.62 bits per heavy atom. The fourth-order valence-corrected chi connectivity index (χ4v) is 3.38. The van der Waals surface area contributed by atoms with Crippen LogP contribution in [0.15, 0.2) is 77.8 Å². The molecule has 4 rings (SSSR count). The highest BCUT2D eigenvalue weighted by Crippen LogP contribution is 2.39. The van der Waals surface area contributed by atoms with Crippen LogP contribution in [0.5, 0.6) is 0 Å². The zero-order valence-corrected chi connectivity index (χ0v) is 13.3. The number of nitrogens with zero attached hydrogens (tertiary/aromatic N) is 1. The number of aliphatic imine (C=N–C) groups is 1. The van der Waals surface area contributed by atoms with Gasteiger partial charge in [0.2, 0.25) is 0 Å². The molecule has 1 heterocycles. The number of rotatable bonds is 3. The molecule has 0 aliphatic carbocycles. The number of methoxy groups -OCH3 is 1. The van der Waals surface area contributed by atoms with E-state index in [-0.39, 0.29) is 11.9 Å². The van der Waals surface area contributed by atoms with Gasteiger partial charge in [0.25, 0.3) is 0 Å². The highest BCUT2D eigenvalue weighted by atomic mass is 16.5. The van der Waals surface area contributed by atoms with E-state index >= 15 is 0 Å². The molecular formula is C21H17NO2. The highest BCUT2D eigenvalue weighted by Gasteiger charge is 2.42. The molecule has 0 radical (unpaired) electrons. The van der Waals surface area contributed by atoms with E-state index in [1.54, 1.807) is 0 Å². The molecule has 0 unspecified atom stereocenters. The Labute approximate surface area is 140 Å². The Balaban J connectivity index is 1.86. The third-order valence-electron chi connectivity index (χ3n) is 4.56. The summed E-state index contributed by atoms with van der Waals surface area (Å²) >= 11 is 0. The summed E-state index contributed by atoms with van der Waals surface area (Å²) in [6.45, 7) is 0. The van der Waals surface area contributed by atoms with Crippen LogP contribution in [0.25, 0.3) is 10.8 Å². The summed E-state index contributed by atoms with van der Waals surface area (Å²) in [6, 6.07) is 24.0. The van der Waals surface area contributed by atoms with Gasteiger partial charge in [-0.3, -0.25) is 4.99 Å². The van der Waals surface area contributed by atoms with Crippen LogP contribution in [0.4, 0.5) is 0 Å². The largest absolute Gasteiger partial charge is 0.467 e. The lowest BCUT2D eigenvalue weighted by molar-refractivity contribution is -0.142. The van der Waals surface area contributed by atoms with Gasteiger partial charge >= 0.3 is 5.97 Å². The summed E-state index contributed by atoms with van der Waals surface area (Å²) in [5.41, 5.74) is 3.12. The van der Waals surface area contributed by atoms with Gasteiger partial charge in [0.15, 0.2) is 6.04 Å². The van der Waals surface area contributed by atoms with Crippen LogP contribution in [0.2, 0.25) is 0 Å². The van der Waals surface area contributed by atoms with Crippen LogP contribution in [0.3, 0.4) is 0 Å². The SMILES string of the molecule is COC(=O)[C@@H]1N=C(c2ccccc2)[C@@H]1c1cccc2ccccc12. The molecule has 3 heteroatoms. The van der Waals surface area contributed by atoms with E-state index in [2.05, 4.69) is 29.3 Å². The Bertz CT molecular complexity index is 925. The summed E-state index contributed by atoms with van der Waals surface area (Å²) in [7, 11) is 1.42. The standard InChI is InChI=1S/C21H17NO2/c1-24-21(23)20-18(19(22-20)15-9-3-2-4-10-15)17-13-7-11-14-8-5-6-12-16(14)17/h2-13,18,20H,1H3/t18-,20+/m0/s1. The van der Waals surface area contributed by atoms with E-state index in [1.807, 2.05) is 48.5 Å². The molecule has 3 aromatic rings. The molecule has 3 nitrogen and oxygen atoms in total. The molecule has 3 aromatic carbocycles. The first-order chi connectivity index (χ1) is 11.8. The lowest BCUT2D eigenvalue weighted by Crippen LogP contribution is -2.42. The summed E-state index contributed by atoms with van der Waals surface area (Å²) in [6.07, 6.45) is 0. The number of fused-ring (bicyclic) bond motifs is 1. The lowest BCUT2D eigenvalue weighted by atomic mass is 9.77. The first kappa shape index (κ1) is 14.6. The van der Waals surface area contributed by atoms with Gasteiger partial charge < -0.3 is 4.74 Å². The second-order valence-corrected chi connectivity index (χ2v) is 5.89. The Kier molecular flexibility index (Phi) is 3.62. The molecule has 0 saturated heterocycles. The second-order valence-electron chi connectivity index (χ2n) is 5.89. The van der Waals surface area contributed by atoms with E-state index in [4.69, 9.17) is 4.74 Å². The smallest absolute Gasteiger partial charge is 0.331 e. The molecular weight excluding hydrogens is 298 g/mol. The second kappa shape index (κ2) is 5.93. The summed E-state index contributed by atoms with van der Waals surface area (Å²) < 4.78 is 4.96. The fraction of sp³-hybridized carbons (Fsp3) is 0.143. The molecule has 1 aliphatic heterocycles. The van der Waals surface area contributed by atoms with E-state index in [9.17, 15) is 4.79 Å². The van der Waals surface area contributed by atoms with Crippen molar-refractivity contribution in [2.75, 3.05) is 7.11 Å². The molecule has 0 amide bonds. The molecule has 118 valence electrons. The normalized spacial score (nSPS) is 19.5.